The summed E-state index contributed by atoms with van der Waals surface area (Å²) in [5, 5.41) is 1.13. The summed E-state index contributed by atoms with van der Waals surface area (Å²) in [6, 6.07) is 47.4. The third-order valence-electron chi connectivity index (χ3n) is 10.2. The van der Waals surface area contributed by atoms with Crippen molar-refractivity contribution in [1.82, 2.24) is 15.0 Å². The Morgan fingerprint density at radius 3 is 1.79 bits per heavy atom. The highest BCUT2D eigenvalue weighted by Crippen LogP contribution is 2.47. The molecule has 0 amide bonds. The van der Waals surface area contributed by atoms with E-state index in [0.29, 0.717) is 5.82 Å². The van der Waals surface area contributed by atoms with Crippen LogP contribution in [0.25, 0.3) is 67.1 Å². The van der Waals surface area contributed by atoms with Crippen molar-refractivity contribution in [3.05, 3.63) is 151 Å². The molecule has 0 unspecified atom stereocenters. The van der Waals surface area contributed by atoms with Crippen molar-refractivity contribution in [1.29, 1.82) is 0 Å². The molecule has 5 aromatic carbocycles. The zero-order chi connectivity index (χ0) is 32.9. The Balaban J connectivity index is 1.24. The first kappa shape index (κ1) is 30.0. The molecule has 1 aliphatic carbocycles. The topological polar surface area (TPSA) is 38.7 Å². The standard InChI is InChI=1S/C45H39N3/c1-44(2)23-24-45(3,4)39-28-33(21-22-38(39)44)32-15-8-17-35(26-32)40-29-41(48-43(47-40)31-12-6-5-7-13-31)36-18-9-16-34(27-36)37-20-10-14-30-19-11-25-46-42(30)37/h5-22,25-29H,23-24H2,1-4H3. The van der Waals surface area contributed by atoms with Crippen molar-refractivity contribution < 1.29 is 0 Å². The Kier molecular flexibility index (Phi) is 7.29. The highest BCUT2D eigenvalue weighted by Gasteiger charge is 2.37. The van der Waals surface area contributed by atoms with Gasteiger partial charge in [0.05, 0.1) is 16.9 Å². The third-order valence-corrected chi connectivity index (χ3v) is 10.2. The molecule has 0 bridgehead atoms. The highest BCUT2D eigenvalue weighted by molar-refractivity contribution is 5.94. The van der Waals surface area contributed by atoms with Crippen LogP contribution in [0, 0.1) is 0 Å². The lowest BCUT2D eigenvalue weighted by Crippen LogP contribution is -2.33. The molecule has 7 aromatic rings. The fraction of sp³-hybridized carbons (Fsp3) is 0.178. The number of hydrogen-bond donors (Lipinski definition) is 0. The lowest BCUT2D eigenvalue weighted by molar-refractivity contribution is 0.332. The third kappa shape index (κ3) is 5.50. The molecule has 0 saturated carbocycles. The van der Waals surface area contributed by atoms with Gasteiger partial charge in [0.1, 0.15) is 0 Å². The van der Waals surface area contributed by atoms with E-state index in [1.165, 1.54) is 35.1 Å². The number of para-hydroxylation sites is 1. The van der Waals surface area contributed by atoms with Crippen molar-refractivity contribution in [2.75, 3.05) is 0 Å². The van der Waals surface area contributed by atoms with Gasteiger partial charge in [-0.15, -0.1) is 0 Å². The lowest BCUT2D eigenvalue weighted by atomic mass is 9.63. The van der Waals surface area contributed by atoms with Crippen LogP contribution >= 0.6 is 0 Å². The van der Waals surface area contributed by atoms with Gasteiger partial charge < -0.3 is 0 Å². The molecule has 0 N–H and O–H groups in total. The second-order valence-electron chi connectivity index (χ2n) is 14.4. The van der Waals surface area contributed by atoms with Gasteiger partial charge in [0.25, 0.3) is 0 Å². The van der Waals surface area contributed by atoms with Gasteiger partial charge in [-0.05, 0) is 75.8 Å². The number of hydrogen-bond acceptors (Lipinski definition) is 3. The van der Waals surface area contributed by atoms with E-state index >= 15 is 0 Å². The first-order valence-corrected chi connectivity index (χ1v) is 16.9. The highest BCUT2D eigenvalue weighted by atomic mass is 14.9. The first-order chi connectivity index (χ1) is 23.2. The van der Waals surface area contributed by atoms with E-state index in [-0.39, 0.29) is 10.8 Å². The molecule has 0 saturated heterocycles. The minimum Gasteiger partial charge on any atom is -0.256 e. The molecule has 234 valence electrons. The SMILES string of the molecule is CC1(C)CCC(C)(C)c2cc(-c3cccc(-c4cc(-c5cccc(-c6cccc7cccnc67)c5)nc(-c5ccccc5)n4)c3)ccc21. The maximum atomic E-state index is 5.15. The smallest absolute Gasteiger partial charge is 0.160 e. The van der Waals surface area contributed by atoms with Crippen LogP contribution in [0.15, 0.2) is 140 Å². The van der Waals surface area contributed by atoms with Crippen LogP contribution in [0.3, 0.4) is 0 Å². The van der Waals surface area contributed by atoms with Gasteiger partial charge in [0.2, 0.25) is 0 Å². The molecule has 0 aliphatic heterocycles. The van der Waals surface area contributed by atoms with Gasteiger partial charge in [-0.1, -0.05) is 137 Å². The summed E-state index contributed by atoms with van der Waals surface area (Å²) in [6.45, 7) is 9.54. The Labute approximate surface area is 283 Å². The Bertz CT molecular complexity index is 2290. The number of pyridine rings is 1. The van der Waals surface area contributed by atoms with Gasteiger partial charge in [-0.3, -0.25) is 4.98 Å². The fourth-order valence-electron chi connectivity index (χ4n) is 7.27. The van der Waals surface area contributed by atoms with E-state index in [9.17, 15) is 0 Å². The average molecular weight is 622 g/mol. The largest absolute Gasteiger partial charge is 0.256 e. The Morgan fingerprint density at radius 1 is 0.458 bits per heavy atom. The molecule has 2 heterocycles. The number of rotatable bonds is 5. The molecule has 0 radical (unpaired) electrons. The van der Waals surface area contributed by atoms with Crippen molar-refractivity contribution in [3.63, 3.8) is 0 Å². The molecule has 3 nitrogen and oxygen atoms in total. The summed E-state index contributed by atoms with van der Waals surface area (Å²) < 4.78 is 0. The van der Waals surface area contributed by atoms with E-state index in [2.05, 4.69) is 137 Å². The molecule has 48 heavy (non-hydrogen) atoms. The zero-order valence-corrected chi connectivity index (χ0v) is 28.0. The quantitative estimate of drug-likeness (QED) is 0.192. The van der Waals surface area contributed by atoms with Crippen LogP contribution < -0.4 is 0 Å². The molecule has 0 atom stereocenters. The van der Waals surface area contributed by atoms with Crippen LogP contribution in [0.5, 0.6) is 0 Å². The van der Waals surface area contributed by atoms with Crippen LogP contribution in [0.4, 0.5) is 0 Å². The van der Waals surface area contributed by atoms with Gasteiger partial charge in [0.15, 0.2) is 5.82 Å². The van der Waals surface area contributed by atoms with Crippen LogP contribution in [0.1, 0.15) is 51.7 Å². The van der Waals surface area contributed by atoms with Crippen molar-refractivity contribution in [2.24, 2.45) is 0 Å². The van der Waals surface area contributed by atoms with Crippen molar-refractivity contribution >= 4 is 10.9 Å². The van der Waals surface area contributed by atoms with Crippen LogP contribution in [-0.2, 0) is 10.8 Å². The summed E-state index contributed by atoms with van der Waals surface area (Å²) in [5.41, 5.74) is 13.8. The number of nitrogens with zero attached hydrogens (tertiary/aromatic N) is 3. The van der Waals surface area contributed by atoms with Gasteiger partial charge in [-0.2, -0.15) is 0 Å². The molecule has 8 rings (SSSR count). The molecule has 2 aromatic heterocycles. The van der Waals surface area contributed by atoms with Gasteiger partial charge >= 0.3 is 0 Å². The minimum absolute atomic E-state index is 0.154. The van der Waals surface area contributed by atoms with E-state index in [4.69, 9.17) is 15.0 Å². The summed E-state index contributed by atoms with van der Waals surface area (Å²) in [7, 11) is 0. The number of benzene rings is 5. The maximum Gasteiger partial charge on any atom is 0.160 e. The number of aromatic nitrogens is 3. The second kappa shape index (κ2) is 11.7. The van der Waals surface area contributed by atoms with E-state index in [1.54, 1.807) is 0 Å². The fourth-order valence-corrected chi connectivity index (χ4v) is 7.27. The van der Waals surface area contributed by atoms with E-state index in [1.807, 2.05) is 30.5 Å². The van der Waals surface area contributed by atoms with E-state index < -0.39 is 0 Å². The summed E-state index contributed by atoms with van der Waals surface area (Å²) in [4.78, 5) is 15.0. The van der Waals surface area contributed by atoms with E-state index in [0.717, 1.165) is 50.1 Å². The summed E-state index contributed by atoms with van der Waals surface area (Å²) >= 11 is 0. The van der Waals surface area contributed by atoms with Crippen molar-refractivity contribution in [2.45, 2.75) is 51.4 Å². The Hall–Kier alpha value is -5.41. The first-order valence-electron chi connectivity index (χ1n) is 16.9. The minimum atomic E-state index is 0.154. The number of fused-ring (bicyclic) bond motifs is 2. The van der Waals surface area contributed by atoms with Gasteiger partial charge in [-0.25, -0.2) is 9.97 Å². The van der Waals surface area contributed by atoms with Crippen molar-refractivity contribution in [3.8, 4) is 56.2 Å². The monoisotopic (exact) mass is 621 g/mol. The average Bonchev–Trinajstić information content (AvgIpc) is 3.13. The van der Waals surface area contributed by atoms with Crippen LogP contribution in [0.2, 0.25) is 0 Å². The molecule has 0 fully saturated rings. The predicted octanol–water partition coefficient (Wildman–Crippen LogP) is 11.7. The van der Waals surface area contributed by atoms with Crippen LogP contribution in [-0.4, -0.2) is 15.0 Å². The molecule has 3 heteroatoms. The zero-order valence-electron chi connectivity index (χ0n) is 28.0. The Morgan fingerprint density at radius 2 is 1.04 bits per heavy atom. The normalized spacial score (nSPS) is 14.8. The summed E-state index contributed by atoms with van der Waals surface area (Å²) in [6.07, 6.45) is 4.27. The molecular weight excluding hydrogens is 583 g/mol. The predicted molar refractivity (Wildman–Crippen MR) is 200 cm³/mol. The van der Waals surface area contributed by atoms with Gasteiger partial charge in [0, 0.05) is 33.8 Å². The maximum absolute atomic E-state index is 5.15. The summed E-state index contributed by atoms with van der Waals surface area (Å²) in [5.74, 6) is 0.712. The second-order valence-corrected chi connectivity index (χ2v) is 14.4. The molecular formula is C45H39N3. The molecule has 1 aliphatic rings. The lowest BCUT2D eigenvalue weighted by Gasteiger charge is -2.42. The molecule has 0 spiro atoms.